The zero-order valence-electron chi connectivity index (χ0n) is 11.4. The van der Waals surface area contributed by atoms with Crippen LogP contribution in [0, 0.1) is 11.8 Å². The van der Waals surface area contributed by atoms with Crippen LogP contribution in [0.25, 0.3) is 0 Å². The van der Waals surface area contributed by atoms with Crippen molar-refractivity contribution < 1.29 is 5.11 Å². The molecule has 96 valence electrons. The van der Waals surface area contributed by atoms with Crippen LogP contribution in [-0.2, 0) is 6.42 Å². The van der Waals surface area contributed by atoms with Crippen LogP contribution in [0.3, 0.4) is 0 Å². The van der Waals surface area contributed by atoms with E-state index in [1.807, 2.05) is 26.0 Å². The highest BCUT2D eigenvalue weighted by atomic mass is 16.3. The Morgan fingerprint density at radius 1 is 1.06 bits per heavy atom. The molecule has 1 aromatic carbocycles. The molecule has 17 heavy (non-hydrogen) atoms. The molecule has 0 radical (unpaired) electrons. The minimum Gasteiger partial charge on any atom is -0.387 e. The molecule has 0 aliphatic heterocycles. The van der Waals surface area contributed by atoms with Crippen LogP contribution in [0.1, 0.15) is 44.9 Å². The Kier molecular flexibility index (Phi) is 5.16. The summed E-state index contributed by atoms with van der Waals surface area (Å²) in [4.78, 5) is 0. The van der Waals surface area contributed by atoms with Gasteiger partial charge in [0, 0.05) is 6.04 Å². The van der Waals surface area contributed by atoms with Crippen LogP contribution in [0.5, 0.6) is 0 Å². The van der Waals surface area contributed by atoms with Gasteiger partial charge in [-0.1, -0.05) is 52.0 Å². The lowest BCUT2D eigenvalue weighted by atomic mass is 9.93. The molecule has 0 saturated carbocycles. The van der Waals surface area contributed by atoms with Gasteiger partial charge < -0.3 is 10.8 Å². The number of aliphatic hydroxyl groups is 1. The third-order valence-electron chi connectivity index (χ3n) is 3.10. The molecule has 0 fully saturated rings. The summed E-state index contributed by atoms with van der Waals surface area (Å²) >= 11 is 0. The quantitative estimate of drug-likeness (QED) is 0.824. The van der Waals surface area contributed by atoms with Crippen molar-refractivity contribution in [2.24, 2.45) is 17.6 Å². The van der Waals surface area contributed by atoms with Crippen molar-refractivity contribution in [3.63, 3.8) is 0 Å². The zero-order valence-corrected chi connectivity index (χ0v) is 11.4. The molecule has 1 rings (SSSR count). The van der Waals surface area contributed by atoms with E-state index in [0.717, 1.165) is 12.0 Å². The second kappa shape index (κ2) is 6.18. The van der Waals surface area contributed by atoms with Crippen molar-refractivity contribution in [1.29, 1.82) is 0 Å². The van der Waals surface area contributed by atoms with E-state index in [9.17, 15) is 5.11 Å². The van der Waals surface area contributed by atoms with E-state index in [1.54, 1.807) is 0 Å². The van der Waals surface area contributed by atoms with Gasteiger partial charge in [0.2, 0.25) is 0 Å². The molecule has 0 aliphatic carbocycles. The molecule has 2 nitrogen and oxygen atoms in total. The summed E-state index contributed by atoms with van der Waals surface area (Å²) in [5, 5.41) is 10.1. The molecule has 3 N–H and O–H groups in total. The lowest BCUT2D eigenvalue weighted by Crippen LogP contribution is -2.33. The van der Waals surface area contributed by atoms with E-state index in [4.69, 9.17) is 5.73 Å². The van der Waals surface area contributed by atoms with E-state index in [2.05, 4.69) is 26.0 Å². The number of rotatable bonds is 5. The largest absolute Gasteiger partial charge is 0.387 e. The van der Waals surface area contributed by atoms with Gasteiger partial charge in [-0.3, -0.25) is 0 Å². The molecule has 2 unspecified atom stereocenters. The maximum atomic E-state index is 10.1. The normalized spacial score (nSPS) is 15.3. The summed E-state index contributed by atoms with van der Waals surface area (Å²) in [5.74, 6) is 0.934. The first kappa shape index (κ1) is 14.2. The molecule has 0 aromatic heterocycles. The maximum Gasteiger partial charge on any atom is 0.0943 e. The zero-order chi connectivity index (χ0) is 13.0. The van der Waals surface area contributed by atoms with Crippen molar-refractivity contribution in [2.75, 3.05) is 0 Å². The van der Waals surface area contributed by atoms with E-state index in [-0.39, 0.29) is 12.0 Å². The van der Waals surface area contributed by atoms with E-state index >= 15 is 0 Å². The maximum absolute atomic E-state index is 10.1. The van der Waals surface area contributed by atoms with Gasteiger partial charge in [0.05, 0.1) is 6.10 Å². The average molecular weight is 235 g/mol. The number of benzene rings is 1. The molecule has 0 spiro atoms. The fraction of sp³-hybridized carbons (Fsp3) is 0.600. The molecule has 0 bridgehead atoms. The van der Waals surface area contributed by atoms with Crippen LogP contribution in [-0.4, -0.2) is 11.1 Å². The second-order valence-electron chi connectivity index (χ2n) is 5.61. The molecule has 1 aromatic rings. The fourth-order valence-electron chi connectivity index (χ4n) is 1.91. The first-order valence-corrected chi connectivity index (χ1v) is 6.44. The molecule has 0 heterocycles. The van der Waals surface area contributed by atoms with Crippen molar-refractivity contribution >= 4 is 0 Å². The highest BCUT2D eigenvalue weighted by molar-refractivity contribution is 5.25. The summed E-state index contributed by atoms with van der Waals surface area (Å²) in [6.45, 7) is 8.47. The Hall–Kier alpha value is -0.860. The summed E-state index contributed by atoms with van der Waals surface area (Å²) in [6.07, 6.45) is 0.509. The van der Waals surface area contributed by atoms with Crippen molar-refractivity contribution in [2.45, 2.75) is 46.3 Å². The number of hydrogen-bond donors (Lipinski definition) is 2. The Bertz CT molecular complexity index is 329. The Balaban J connectivity index is 2.73. The van der Waals surface area contributed by atoms with Gasteiger partial charge in [-0.25, -0.2) is 0 Å². The molecule has 0 aliphatic rings. The van der Waals surface area contributed by atoms with Crippen LogP contribution < -0.4 is 5.73 Å². The van der Waals surface area contributed by atoms with Crippen molar-refractivity contribution in [3.8, 4) is 0 Å². The highest BCUT2D eigenvalue weighted by Gasteiger charge is 2.19. The lowest BCUT2D eigenvalue weighted by molar-refractivity contribution is 0.126. The topological polar surface area (TPSA) is 46.2 Å². The molecular formula is C15H25NO. The first-order chi connectivity index (χ1) is 7.91. The Labute approximate surface area is 105 Å². The van der Waals surface area contributed by atoms with Gasteiger partial charge in [-0.15, -0.1) is 0 Å². The van der Waals surface area contributed by atoms with Gasteiger partial charge >= 0.3 is 0 Å². The molecule has 0 amide bonds. The fourth-order valence-corrected chi connectivity index (χ4v) is 1.91. The molecular weight excluding hydrogens is 210 g/mol. The number of hydrogen-bond acceptors (Lipinski definition) is 2. The van der Waals surface area contributed by atoms with Gasteiger partial charge in [0.1, 0.15) is 0 Å². The van der Waals surface area contributed by atoms with E-state index in [0.29, 0.717) is 5.92 Å². The van der Waals surface area contributed by atoms with Gasteiger partial charge in [0.15, 0.2) is 0 Å². The SMILES string of the molecule is CC(C)Cc1ccc(C(O)C(N)C(C)C)cc1. The third kappa shape index (κ3) is 4.14. The Morgan fingerprint density at radius 3 is 2.00 bits per heavy atom. The standard InChI is InChI=1S/C15H25NO/c1-10(2)9-12-5-7-13(8-6-12)15(17)14(16)11(3)4/h5-8,10-11,14-15,17H,9,16H2,1-4H3. The van der Waals surface area contributed by atoms with Crippen molar-refractivity contribution in [1.82, 2.24) is 0 Å². The minimum atomic E-state index is -0.567. The highest BCUT2D eigenvalue weighted by Crippen LogP contribution is 2.21. The third-order valence-corrected chi connectivity index (χ3v) is 3.10. The van der Waals surface area contributed by atoms with E-state index in [1.165, 1.54) is 5.56 Å². The summed E-state index contributed by atoms with van der Waals surface area (Å²) in [6, 6.07) is 7.96. The molecule has 2 heteroatoms. The van der Waals surface area contributed by atoms with E-state index < -0.39 is 6.10 Å². The summed E-state index contributed by atoms with van der Waals surface area (Å²) in [7, 11) is 0. The smallest absolute Gasteiger partial charge is 0.0943 e. The van der Waals surface area contributed by atoms with Crippen LogP contribution >= 0.6 is 0 Å². The van der Waals surface area contributed by atoms with Crippen LogP contribution in [0.15, 0.2) is 24.3 Å². The average Bonchev–Trinajstić information content (AvgIpc) is 2.27. The predicted octanol–water partition coefficient (Wildman–Crippen LogP) is 2.90. The monoisotopic (exact) mass is 235 g/mol. The lowest BCUT2D eigenvalue weighted by Gasteiger charge is -2.22. The summed E-state index contributed by atoms with van der Waals surface area (Å²) in [5.41, 5.74) is 8.19. The van der Waals surface area contributed by atoms with Crippen LogP contribution in [0.2, 0.25) is 0 Å². The second-order valence-corrected chi connectivity index (χ2v) is 5.61. The first-order valence-electron chi connectivity index (χ1n) is 6.44. The minimum absolute atomic E-state index is 0.203. The van der Waals surface area contributed by atoms with Crippen LogP contribution in [0.4, 0.5) is 0 Å². The Morgan fingerprint density at radius 2 is 1.59 bits per heavy atom. The van der Waals surface area contributed by atoms with Gasteiger partial charge in [-0.05, 0) is 29.4 Å². The molecule has 2 atom stereocenters. The van der Waals surface area contributed by atoms with Gasteiger partial charge in [0.25, 0.3) is 0 Å². The predicted molar refractivity (Wildman–Crippen MR) is 72.8 cm³/mol. The summed E-state index contributed by atoms with van der Waals surface area (Å²) < 4.78 is 0. The van der Waals surface area contributed by atoms with Gasteiger partial charge in [-0.2, -0.15) is 0 Å². The molecule has 0 saturated heterocycles. The number of aliphatic hydroxyl groups excluding tert-OH is 1. The van der Waals surface area contributed by atoms with Crippen molar-refractivity contribution in [3.05, 3.63) is 35.4 Å². The number of nitrogens with two attached hydrogens (primary N) is 1.